The lowest BCUT2D eigenvalue weighted by molar-refractivity contribution is -0.132. The van der Waals surface area contributed by atoms with Gasteiger partial charge in [0.1, 0.15) is 11.5 Å². The van der Waals surface area contributed by atoms with Gasteiger partial charge in [-0.15, -0.1) is 0 Å². The summed E-state index contributed by atoms with van der Waals surface area (Å²) in [5.41, 5.74) is 4.28. The third kappa shape index (κ3) is 4.40. The number of carbonyl (C=O) groups is 2. The Labute approximate surface area is 219 Å². The second-order valence-electron chi connectivity index (χ2n) is 9.37. The number of aliphatic hydroxyl groups excluding tert-OH is 1. The molecule has 1 fully saturated rings. The third-order valence-electron chi connectivity index (χ3n) is 6.78. The van der Waals surface area contributed by atoms with E-state index in [9.17, 15) is 14.7 Å². The van der Waals surface area contributed by atoms with E-state index in [1.165, 1.54) is 21.8 Å². The van der Waals surface area contributed by atoms with Crippen molar-refractivity contribution < 1.29 is 19.4 Å². The fourth-order valence-electron chi connectivity index (χ4n) is 4.59. The standard InChI is InChI=1S/C30H28N2O4S/c1-5-18-6-15-23-24(16-18)37-30(31-23)32-26(20-9-7-19(8-10-20)17(2)3)25(28(34)29(32)35)27(33)21-11-13-22(36-4)14-12-21/h6-17,26,33H,5H2,1-4H3/b27-25+. The van der Waals surface area contributed by atoms with Gasteiger partial charge in [0.15, 0.2) is 5.13 Å². The molecule has 1 unspecified atom stereocenters. The number of ether oxygens (including phenoxy) is 1. The molecule has 6 nitrogen and oxygen atoms in total. The molecule has 37 heavy (non-hydrogen) atoms. The summed E-state index contributed by atoms with van der Waals surface area (Å²) < 4.78 is 6.16. The van der Waals surface area contributed by atoms with Crippen molar-refractivity contribution in [1.82, 2.24) is 4.98 Å². The number of aromatic nitrogens is 1. The van der Waals surface area contributed by atoms with E-state index in [4.69, 9.17) is 9.72 Å². The Bertz CT molecular complexity index is 1520. The number of aryl methyl sites for hydroxylation is 1. The number of ketones is 1. The van der Waals surface area contributed by atoms with Gasteiger partial charge in [-0.3, -0.25) is 14.5 Å². The van der Waals surface area contributed by atoms with E-state index in [-0.39, 0.29) is 11.3 Å². The summed E-state index contributed by atoms with van der Waals surface area (Å²) in [7, 11) is 1.56. The zero-order valence-electron chi connectivity index (χ0n) is 21.2. The molecule has 1 atom stereocenters. The first kappa shape index (κ1) is 24.7. The topological polar surface area (TPSA) is 79.7 Å². The zero-order chi connectivity index (χ0) is 26.3. The van der Waals surface area contributed by atoms with E-state index < -0.39 is 17.7 Å². The number of hydrogen-bond acceptors (Lipinski definition) is 6. The van der Waals surface area contributed by atoms with Gasteiger partial charge in [0.05, 0.1) is 28.9 Å². The van der Waals surface area contributed by atoms with Gasteiger partial charge in [-0.1, -0.05) is 62.4 Å². The number of anilines is 1. The third-order valence-corrected chi connectivity index (χ3v) is 7.80. The average molecular weight is 513 g/mol. The minimum absolute atomic E-state index is 0.0426. The van der Waals surface area contributed by atoms with Crippen LogP contribution in [0.4, 0.5) is 5.13 Å². The molecule has 7 heteroatoms. The Morgan fingerprint density at radius 3 is 2.38 bits per heavy atom. The van der Waals surface area contributed by atoms with Crippen LogP contribution in [0.1, 0.15) is 55.0 Å². The number of Topliss-reactive ketones (excluding diaryl/α,β-unsaturated/α-hetero) is 1. The molecule has 0 aliphatic carbocycles. The molecule has 1 amide bonds. The molecule has 0 saturated carbocycles. The van der Waals surface area contributed by atoms with E-state index in [1.807, 2.05) is 36.4 Å². The molecule has 0 radical (unpaired) electrons. The molecular formula is C30H28N2O4S. The van der Waals surface area contributed by atoms with Crippen molar-refractivity contribution in [3.63, 3.8) is 0 Å². The average Bonchev–Trinajstić information content (AvgIpc) is 3.45. The number of methoxy groups -OCH3 is 1. The second kappa shape index (κ2) is 9.82. The summed E-state index contributed by atoms with van der Waals surface area (Å²) in [4.78, 5) is 33.1. The van der Waals surface area contributed by atoms with Crippen LogP contribution in [0.5, 0.6) is 5.75 Å². The highest BCUT2D eigenvalue weighted by atomic mass is 32.1. The van der Waals surface area contributed by atoms with Crippen molar-refractivity contribution in [2.45, 2.75) is 39.2 Å². The largest absolute Gasteiger partial charge is 0.507 e. The van der Waals surface area contributed by atoms with Crippen LogP contribution in [0.3, 0.4) is 0 Å². The molecule has 1 aliphatic rings. The fraction of sp³-hybridized carbons (Fsp3) is 0.233. The maximum Gasteiger partial charge on any atom is 0.301 e. The number of amides is 1. The predicted molar refractivity (Wildman–Crippen MR) is 147 cm³/mol. The predicted octanol–water partition coefficient (Wildman–Crippen LogP) is 6.62. The zero-order valence-corrected chi connectivity index (χ0v) is 22.0. The summed E-state index contributed by atoms with van der Waals surface area (Å²) >= 11 is 1.37. The molecule has 5 rings (SSSR count). The Hall–Kier alpha value is -3.97. The van der Waals surface area contributed by atoms with Crippen molar-refractivity contribution in [2.24, 2.45) is 0 Å². The van der Waals surface area contributed by atoms with Gasteiger partial charge in [-0.2, -0.15) is 0 Å². The molecule has 1 saturated heterocycles. The first-order valence-corrected chi connectivity index (χ1v) is 13.1. The Balaban J connectivity index is 1.69. The van der Waals surface area contributed by atoms with E-state index in [2.05, 4.69) is 26.8 Å². The highest BCUT2D eigenvalue weighted by Gasteiger charge is 2.48. The van der Waals surface area contributed by atoms with Gasteiger partial charge in [0.25, 0.3) is 5.78 Å². The number of rotatable bonds is 6. The highest BCUT2D eigenvalue weighted by molar-refractivity contribution is 7.22. The number of carbonyl (C=O) groups excluding carboxylic acids is 2. The quantitative estimate of drug-likeness (QED) is 0.178. The SMILES string of the molecule is CCc1ccc2nc(N3C(=O)C(=O)/C(=C(/O)c4ccc(OC)cc4)C3c3ccc(C(C)C)cc3)sc2c1. The Kier molecular flexibility index (Phi) is 6.56. The Morgan fingerprint density at radius 2 is 1.76 bits per heavy atom. The first-order valence-electron chi connectivity index (χ1n) is 12.3. The fourth-order valence-corrected chi connectivity index (χ4v) is 5.65. The number of thiazole rings is 1. The summed E-state index contributed by atoms with van der Waals surface area (Å²) in [5, 5.41) is 11.8. The monoisotopic (exact) mass is 512 g/mol. The van der Waals surface area contributed by atoms with Crippen LogP contribution < -0.4 is 9.64 Å². The van der Waals surface area contributed by atoms with Gasteiger partial charge in [-0.25, -0.2) is 4.98 Å². The number of fused-ring (bicyclic) bond motifs is 1. The van der Waals surface area contributed by atoms with Crippen LogP contribution in [0.15, 0.2) is 72.3 Å². The molecule has 3 aromatic carbocycles. The van der Waals surface area contributed by atoms with Gasteiger partial charge in [0, 0.05) is 5.56 Å². The molecule has 1 aliphatic heterocycles. The normalized spacial score (nSPS) is 17.2. The molecule has 188 valence electrons. The number of hydrogen-bond donors (Lipinski definition) is 1. The number of aliphatic hydroxyl groups is 1. The van der Waals surface area contributed by atoms with Crippen molar-refractivity contribution >= 4 is 44.1 Å². The van der Waals surface area contributed by atoms with Crippen molar-refractivity contribution in [1.29, 1.82) is 0 Å². The van der Waals surface area contributed by atoms with E-state index in [1.54, 1.807) is 31.4 Å². The lowest BCUT2D eigenvalue weighted by Crippen LogP contribution is -2.29. The van der Waals surface area contributed by atoms with Crippen LogP contribution in [0.25, 0.3) is 16.0 Å². The highest BCUT2D eigenvalue weighted by Crippen LogP contribution is 2.44. The molecule has 1 N–H and O–H groups in total. The summed E-state index contributed by atoms with van der Waals surface area (Å²) in [6.07, 6.45) is 0.887. The summed E-state index contributed by atoms with van der Waals surface area (Å²) in [6.45, 7) is 6.30. The molecule has 1 aromatic heterocycles. The van der Waals surface area contributed by atoms with Crippen LogP contribution in [0.2, 0.25) is 0 Å². The minimum Gasteiger partial charge on any atom is -0.507 e. The van der Waals surface area contributed by atoms with Crippen LogP contribution >= 0.6 is 11.3 Å². The van der Waals surface area contributed by atoms with Gasteiger partial charge in [-0.05, 0) is 65.4 Å². The van der Waals surface area contributed by atoms with Crippen molar-refractivity contribution in [2.75, 3.05) is 12.0 Å². The first-order chi connectivity index (χ1) is 17.8. The summed E-state index contributed by atoms with van der Waals surface area (Å²) in [5.74, 6) is -0.714. The van der Waals surface area contributed by atoms with Gasteiger partial charge >= 0.3 is 5.91 Å². The van der Waals surface area contributed by atoms with Crippen molar-refractivity contribution in [3.05, 3.63) is 94.6 Å². The molecule has 0 spiro atoms. The maximum absolute atomic E-state index is 13.5. The Morgan fingerprint density at radius 1 is 1.05 bits per heavy atom. The second-order valence-corrected chi connectivity index (χ2v) is 10.4. The van der Waals surface area contributed by atoms with Crippen molar-refractivity contribution in [3.8, 4) is 5.75 Å². The lowest BCUT2D eigenvalue weighted by Gasteiger charge is -2.23. The van der Waals surface area contributed by atoms with E-state index >= 15 is 0 Å². The van der Waals surface area contributed by atoms with E-state index in [0.717, 1.165) is 27.8 Å². The minimum atomic E-state index is -0.811. The van der Waals surface area contributed by atoms with Gasteiger partial charge in [0.2, 0.25) is 0 Å². The lowest BCUT2D eigenvalue weighted by atomic mass is 9.93. The van der Waals surface area contributed by atoms with Crippen LogP contribution in [-0.2, 0) is 16.0 Å². The maximum atomic E-state index is 13.5. The smallest absolute Gasteiger partial charge is 0.301 e. The summed E-state index contributed by atoms with van der Waals surface area (Å²) in [6, 6.07) is 19.8. The van der Waals surface area contributed by atoms with E-state index in [0.29, 0.717) is 22.4 Å². The molecule has 4 aromatic rings. The number of benzene rings is 3. The van der Waals surface area contributed by atoms with Gasteiger partial charge < -0.3 is 9.84 Å². The van der Waals surface area contributed by atoms with Crippen LogP contribution in [-0.4, -0.2) is 28.9 Å². The molecule has 0 bridgehead atoms. The number of nitrogens with zero attached hydrogens (tertiary/aromatic N) is 2. The molecular weight excluding hydrogens is 484 g/mol. The molecule has 2 heterocycles. The van der Waals surface area contributed by atoms with Crippen LogP contribution in [0, 0.1) is 0 Å².